The lowest BCUT2D eigenvalue weighted by molar-refractivity contribution is -0.135. The molecule has 0 spiro atoms. The average Bonchev–Trinajstić information content (AvgIpc) is 1.06. The standard InChI is InChI=1S/C56H48O30/c1-23(57)70-36-14-43(74-27(5)61)52(44(15-36)75-28(6)62)84-38-18-45(76-29(7)63)53(46(19-38)77-30(8)64)86-49-22-48(78-31(9)65)54(81-34(12)68)56(82-35(13)69)55(49)85-39-20-42(73-26(4)60)51(80-33(11)67)47(21-39)83-37-16-40(71-24(2)58)50(79-32(10)66)41(17-37)72-25(3)59/h14-22H,1-13H3. The van der Waals surface area contributed by atoms with Gasteiger partial charge in [-0.1, -0.05) is 0 Å². The van der Waals surface area contributed by atoms with Crippen LogP contribution >= 0.6 is 0 Å². The summed E-state index contributed by atoms with van der Waals surface area (Å²) in [6.45, 7) is 12.3. The van der Waals surface area contributed by atoms with Crippen LogP contribution in [-0.4, -0.2) is 77.6 Å². The molecule has 5 aromatic rings. The Bertz CT molecular complexity index is 3550. The van der Waals surface area contributed by atoms with Gasteiger partial charge in [0, 0.05) is 145 Å². The van der Waals surface area contributed by atoms with Gasteiger partial charge in [-0.05, 0) is 0 Å². The minimum Gasteiger partial charge on any atom is -0.453 e. The van der Waals surface area contributed by atoms with E-state index in [2.05, 4.69) is 0 Å². The van der Waals surface area contributed by atoms with E-state index in [1.165, 1.54) is 0 Å². The van der Waals surface area contributed by atoms with Crippen LogP contribution in [0.4, 0.5) is 0 Å². The molecule has 452 valence electrons. The van der Waals surface area contributed by atoms with E-state index in [4.69, 9.17) is 80.5 Å². The lowest BCUT2D eigenvalue weighted by Gasteiger charge is -2.23. The quantitative estimate of drug-likeness (QED) is 0.0497. The Morgan fingerprint density at radius 3 is 0.709 bits per heavy atom. The van der Waals surface area contributed by atoms with Crippen LogP contribution in [0.15, 0.2) is 54.6 Å². The smallest absolute Gasteiger partial charge is 0.308 e. The van der Waals surface area contributed by atoms with Crippen LogP contribution in [0.5, 0.6) is 121 Å². The molecule has 0 radical (unpaired) electrons. The number of hydrogen-bond acceptors (Lipinski definition) is 30. The fourth-order valence-electron chi connectivity index (χ4n) is 6.92. The molecular formula is C56H48O30. The molecule has 86 heavy (non-hydrogen) atoms. The third-order valence-corrected chi connectivity index (χ3v) is 9.25. The van der Waals surface area contributed by atoms with E-state index in [1.54, 1.807) is 0 Å². The summed E-state index contributed by atoms with van der Waals surface area (Å²) in [6.07, 6.45) is 0. The van der Waals surface area contributed by atoms with Crippen molar-refractivity contribution in [1.29, 1.82) is 0 Å². The maximum absolute atomic E-state index is 13.1. The van der Waals surface area contributed by atoms with Crippen molar-refractivity contribution >= 4 is 77.6 Å². The summed E-state index contributed by atoms with van der Waals surface area (Å²) < 4.78 is 94.5. The SMILES string of the molecule is CC(=O)Oc1cc(OC(C)=O)c(Oc2cc(OC(C)=O)c(Oc3cc(OC(C)=O)c(OC(C)=O)c(OC(C)=O)c3Oc3cc(OC(C)=O)c(OC(C)=O)c(Oc4cc(OC(C)=O)c(OC(C)=O)c(OC(C)=O)c4)c3)c(OC(C)=O)c2)c(OC(C)=O)c1. The van der Waals surface area contributed by atoms with Crippen molar-refractivity contribution in [2.24, 2.45) is 0 Å². The molecule has 0 saturated carbocycles. The van der Waals surface area contributed by atoms with Crippen molar-refractivity contribution in [2.45, 2.75) is 90.0 Å². The van der Waals surface area contributed by atoms with Crippen LogP contribution in [0.1, 0.15) is 90.0 Å². The van der Waals surface area contributed by atoms with Gasteiger partial charge in [-0.2, -0.15) is 0 Å². The fourth-order valence-corrected chi connectivity index (χ4v) is 6.92. The highest BCUT2D eigenvalue weighted by Gasteiger charge is 2.33. The number of esters is 13. The molecule has 0 amide bonds. The fraction of sp³-hybridized carbons (Fsp3) is 0.232. The largest absolute Gasteiger partial charge is 0.453 e. The highest BCUT2D eigenvalue weighted by Crippen LogP contribution is 2.57. The number of ether oxygens (including phenoxy) is 17. The molecule has 5 aromatic carbocycles. The Labute approximate surface area is 484 Å². The summed E-state index contributed by atoms with van der Waals surface area (Å²) in [6, 6.07) is 8.31. The van der Waals surface area contributed by atoms with Crippen LogP contribution in [0.2, 0.25) is 0 Å². The molecule has 5 rings (SSSR count). The summed E-state index contributed by atoms with van der Waals surface area (Å²) in [5, 5.41) is 0. The minimum absolute atomic E-state index is 0.301. The lowest BCUT2D eigenvalue weighted by atomic mass is 10.2. The first kappa shape index (κ1) is 65.2. The van der Waals surface area contributed by atoms with Crippen molar-refractivity contribution in [3.05, 3.63) is 54.6 Å². The first-order valence-electron chi connectivity index (χ1n) is 24.3. The monoisotopic (exact) mass is 1200 g/mol. The molecule has 0 heterocycles. The van der Waals surface area contributed by atoms with Gasteiger partial charge in [-0.3, -0.25) is 62.3 Å². The topological polar surface area (TPSA) is 379 Å². The maximum Gasteiger partial charge on any atom is 0.308 e. The van der Waals surface area contributed by atoms with E-state index in [-0.39, 0.29) is 5.75 Å². The summed E-state index contributed by atoms with van der Waals surface area (Å²) in [4.78, 5) is 163. The number of carbonyl (C=O) groups excluding carboxylic acids is 13. The highest BCUT2D eigenvalue weighted by molar-refractivity contribution is 5.84. The van der Waals surface area contributed by atoms with E-state index < -0.39 is 193 Å². The Morgan fingerprint density at radius 1 is 0.174 bits per heavy atom. The summed E-state index contributed by atoms with van der Waals surface area (Å²) in [7, 11) is 0. The summed E-state index contributed by atoms with van der Waals surface area (Å²) in [5.74, 6) is -27.3. The maximum atomic E-state index is 13.1. The second-order valence-electron chi connectivity index (χ2n) is 17.0. The number of carbonyl (C=O) groups is 13. The van der Waals surface area contributed by atoms with E-state index in [9.17, 15) is 62.3 Å². The zero-order valence-electron chi connectivity index (χ0n) is 47.4. The molecule has 0 aromatic heterocycles. The van der Waals surface area contributed by atoms with Gasteiger partial charge >= 0.3 is 77.6 Å². The van der Waals surface area contributed by atoms with Crippen molar-refractivity contribution in [2.75, 3.05) is 0 Å². The van der Waals surface area contributed by atoms with E-state index in [0.717, 1.165) is 145 Å². The van der Waals surface area contributed by atoms with Gasteiger partial charge in [-0.25, -0.2) is 0 Å². The van der Waals surface area contributed by atoms with Gasteiger partial charge in [0.05, 0.1) is 0 Å². The van der Waals surface area contributed by atoms with Crippen molar-refractivity contribution < 1.29 is 143 Å². The number of hydrogen-bond donors (Lipinski definition) is 0. The molecule has 30 nitrogen and oxygen atoms in total. The predicted octanol–water partition coefficient (Wildman–Crippen LogP) is 7.88. The molecule has 0 saturated heterocycles. The Morgan fingerprint density at radius 2 is 0.384 bits per heavy atom. The van der Waals surface area contributed by atoms with Crippen LogP contribution in [-0.2, 0) is 62.3 Å². The minimum atomic E-state index is -1.20. The van der Waals surface area contributed by atoms with Crippen LogP contribution < -0.4 is 80.5 Å². The Kier molecular flexibility index (Phi) is 21.5. The van der Waals surface area contributed by atoms with E-state index in [0.29, 0.717) is 0 Å². The summed E-state index contributed by atoms with van der Waals surface area (Å²) in [5.41, 5.74) is 0. The molecule has 0 unspecified atom stereocenters. The van der Waals surface area contributed by atoms with Gasteiger partial charge < -0.3 is 80.5 Å². The van der Waals surface area contributed by atoms with Gasteiger partial charge in [0.25, 0.3) is 0 Å². The lowest BCUT2D eigenvalue weighted by Crippen LogP contribution is -2.12. The summed E-state index contributed by atoms with van der Waals surface area (Å²) >= 11 is 0. The average molecular weight is 1200 g/mol. The van der Waals surface area contributed by atoms with Crippen LogP contribution in [0, 0.1) is 0 Å². The molecule has 0 aliphatic heterocycles. The van der Waals surface area contributed by atoms with Gasteiger partial charge in [0.1, 0.15) is 23.0 Å². The second kappa shape index (κ2) is 28.4. The van der Waals surface area contributed by atoms with Crippen LogP contribution in [0.25, 0.3) is 0 Å². The molecule has 0 aliphatic carbocycles. The molecule has 0 fully saturated rings. The Hall–Kier alpha value is -11.6. The zero-order valence-corrected chi connectivity index (χ0v) is 47.4. The third kappa shape index (κ3) is 18.7. The molecule has 0 bridgehead atoms. The van der Waals surface area contributed by atoms with Gasteiger partial charge in [-0.15, -0.1) is 0 Å². The molecule has 0 aliphatic rings. The Balaban J connectivity index is 1.92. The molecule has 0 atom stereocenters. The second-order valence-corrected chi connectivity index (χ2v) is 17.0. The number of benzene rings is 5. The van der Waals surface area contributed by atoms with Crippen LogP contribution in [0.3, 0.4) is 0 Å². The number of rotatable bonds is 21. The molecule has 0 N–H and O–H groups in total. The van der Waals surface area contributed by atoms with Gasteiger partial charge in [0.2, 0.25) is 40.2 Å². The first-order chi connectivity index (χ1) is 40.2. The zero-order chi connectivity index (χ0) is 64.0. The normalized spacial score (nSPS) is 10.3. The highest BCUT2D eigenvalue weighted by atomic mass is 16.6. The molecular weight excluding hydrogens is 1150 g/mol. The van der Waals surface area contributed by atoms with Crippen molar-refractivity contribution in [3.8, 4) is 121 Å². The first-order valence-corrected chi connectivity index (χ1v) is 24.3. The third-order valence-electron chi connectivity index (χ3n) is 9.25. The van der Waals surface area contributed by atoms with E-state index >= 15 is 0 Å². The van der Waals surface area contributed by atoms with E-state index in [1.807, 2.05) is 0 Å². The predicted molar refractivity (Wildman–Crippen MR) is 280 cm³/mol. The van der Waals surface area contributed by atoms with Crippen molar-refractivity contribution in [1.82, 2.24) is 0 Å². The molecule has 30 heteroatoms. The van der Waals surface area contributed by atoms with Crippen molar-refractivity contribution in [3.63, 3.8) is 0 Å². The van der Waals surface area contributed by atoms with Gasteiger partial charge in [0.15, 0.2) is 57.5 Å².